The zero-order valence-corrected chi connectivity index (χ0v) is 11.8. The molecule has 1 heterocycles. The first-order valence-electron chi connectivity index (χ1n) is 6.85. The van der Waals surface area contributed by atoms with Gasteiger partial charge >= 0.3 is 12.0 Å². The number of aliphatic carboxylic acids is 1. The molecule has 108 valence electrons. The number of piperazine rings is 1. The Morgan fingerprint density at radius 3 is 2.42 bits per heavy atom. The highest BCUT2D eigenvalue weighted by molar-refractivity contribution is 5.86. The predicted molar refractivity (Wildman–Crippen MR) is 71.0 cm³/mol. The summed E-state index contributed by atoms with van der Waals surface area (Å²) in [5, 5.41) is 12.1. The summed E-state index contributed by atoms with van der Waals surface area (Å²) in [4.78, 5) is 27.6. The number of hydrogen-bond donors (Lipinski definition) is 2. The van der Waals surface area contributed by atoms with Gasteiger partial charge in [0.1, 0.15) is 5.54 Å². The van der Waals surface area contributed by atoms with Gasteiger partial charge in [0.2, 0.25) is 0 Å². The minimum atomic E-state index is -1.12. The third kappa shape index (κ3) is 2.83. The van der Waals surface area contributed by atoms with Crippen LogP contribution < -0.4 is 5.32 Å². The summed E-state index contributed by atoms with van der Waals surface area (Å²) in [6.07, 6.45) is 1.75. The zero-order chi connectivity index (χ0) is 14.2. The number of amides is 2. The molecule has 19 heavy (non-hydrogen) atoms. The lowest BCUT2D eigenvalue weighted by molar-refractivity contribution is -0.144. The summed E-state index contributed by atoms with van der Waals surface area (Å²) in [6, 6.07) is -0.145. The van der Waals surface area contributed by atoms with Crippen LogP contribution >= 0.6 is 0 Å². The van der Waals surface area contributed by atoms with Gasteiger partial charge in [-0.1, -0.05) is 0 Å². The van der Waals surface area contributed by atoms with E-state index < -0.39 is 11.5 Å². The smallest absolute Gasteiger partial charge is 0.329 e. The number of rotatable bonds is 3. The van der Waals surface area contributed by atoms with Gasteiger partial charge in [0.05, 0.1) is 0 Å². The van der Waals surface area contributed by atoms with Crippen LogP contribution in [0.5, 0.6) is 0 Å². The second-order valence-electron chi connectivity index (χ2n) is 6.02. The van der Waals surface area contributed by atoms with E-state index in [1.54, 1.807) is 11.8 Å². The van der Waals surface area contributed by atoms with E-state index >= 15 is 0 Å². The molecule has 1 saturated carbocycles. The van der Waals surface area contributed by atoms with E-state index in [1.807, 2.05) is 14.0 Å². The van der Waals surface area contributed by atoms with Crippen LogP contribution in [0.2, 0.25) is 0 Å². The molecule has 2 amide bonds. The Morgan fingerprint density at radius 1 is 1.32 bits per heavy atom. The summed E-state index contributed by atoms with van der Waals surface area (Å²) < 4.78 is 0. The van der Waals surface area contributed by atoms with Crippen molar-refractivity contribution in [3.05, 3.63) is 0 Å². The lowest BCUT2D eigenvalue weighted by Crippen LogP contribution is -2.62. The molecule has 1 aliphatic carbocycles. The minimum absolute atomic E-state index is 0.0664. The standard InChI is InChI=1S/C13H23N3O3/c1-9-8-15(3)6-7-16(9)12(19)14-13(2,11(17)18)10-4-5-10/h9-10H,4-8H2,1-3H3,(H,14,19)(H,17,18). The Labute approximate surface area is 113 Å². The molecule has 1 saturated heterocycles. The average Bonchev–Trinajstić information content (AvgIpc) is 3.11. The predicted octanol–water partition coefficient (Wildman–Crippen LogP) is 0.585. The number of carboxylic acid groups (broad SMARTS) is 1. The van der Waals surface area contributed by atoms with Gasteiger partial charge in [-0.2, -0.15) is 0 Å². The van der Waals surface area contributed by atoms with Crippen molar-refractivity contribution >= 4 is 12.0 Å². The Kier molecular flexibility index (Phi) is 3.71. The summed E-state index contributed by atoms with van der Waals surface area (Å²) in [5.41, 5.74) is -1.12. The van der Waals surface area contributed by atoms with Gasteiger partial charge in [0.15, 0.2) is 0 Å². The second kappa shape index (κ2) is 5.00. The van der Waals surface area contributed by atoms with Crippen LogP contribution in [0.3, 0.4) is 0 Å². The van der Waals surface area contributed by atoms with Crippen molar-refractivity contribution in [1.82, 2.24) is 15.1 Å². The van der Waals surface area contributed by atoms with Crippen molar-refractivity contribution in [2.45, 2.75) is 38.3 Å². The number of urea groups is 1. The lowest BCUT2D eigenvalue weighted by atomic mass is 9.96. The highest BCUT2D eigenvalue weighted by Gasteiger charge is 2.49. The molecule has 2 unspecified atom stereocenters. The monoisotopic (exact) mass is 269 g/mol. The largest absolute Gasteiger partial charge is 0.480 e. The van der Waals surface area contributed by atoms with Gasteiger partial charge in [0, 0.05) is 25.7 Å². The zero-order valence-electron chi connectivity index (χ0n) is 11.8. The van der Waals surface area contributed by atoms with E-state index in [-0.39, 0.29) is 18.0 Å². The van der Waals surface area contributed by atoms with E-state index in [1.165, 1.54) is 0 Å². The fraction of sp³-hybridized carbons (Fsp3) is 0.846. The Bertz CT molecular complexity index is 383. The summed E-state index contributed by atoms with van der Waals surface area (Å²) >= 11 is 0. The maximum atomic E-state index is 12.3. The highest BCUT2D eigenvalue weighted by atomic mass is 16.4. The number of carbonyl (C=O) groups excluding carboxylic acids is 1. The molecule has 0 bridgehead atoms. The van der Waals surface area contributed by atoms with E-state index in [0.29, 0.717) is 6.54 Å². The molecule has 0 aromatic rings. The molecule has 1 aliphatic heterocycles. The fourth-order valence-electron chi connectivity index (χ4n) is 2.73. The second-order valence-corrected chi connectivity index (χ2v) is 6.02. The van der Waals surface area contributed by atoms with Crippen LogP contribution in [-0.4, -0.2) is 65.2 Å². The molecule has 2 fully saturated rings. The Balaban J connectivity index is 2.01. The van der Waals surface area contributed by atoms with Gasteiger partial charge in [-0.3, -0.25) is 0 Å². The molecule has 6 heteroatoms. The molecule has 2 rings (SSSR count). The lowest BCUT2D eigenvalue weighted by Gasteiger charge is -2.40. The number of carbonyl (C=O) groups is 2. The van der Waals surface area contributed by atoms with Crippen LogP contribution in [0.4, 0.5) is 4.79 Å². The summed E-state index contributed by atoms with van der Waals surface area (Å²) in [5.74, 6) is -0.873. The van der Waals surface area contributed by atoms with Crippen molar-refractivity contribution in [2.75, 3.05) is 26.7 Å². The third-order valence-corrected chi connectivity index (χ3v) is 4.30. The van der Waals surface area contributed by atoms with Gasteiger partial charge in [-0.05, 0) is 39.7 Å². The quantitative estimate of drug-likeness (QED) is 0.786. The van der Waals surface area contributed by atoms with Crippen molar-refractivity contribution < 1.29 is 14.7 Å². The normalized spacial score (nSPS) is 27.7. The van der Waals surface area contributed by atoms with Crippen LogP contribution in [-0.2, 0) is 4.79 Å². The number of nitrogens with zero attached hydrogens (tertiary/aromatic N) is 2. The Hall–Kier alpha value is -1.30. The van der Waals surface area contributed by atoms with Gasteiger partial charge in [0.25, 0.3) is 0 Å². The number of likely N-dealkylation sites (N-methyl/N-ethyl adjacent to an activating group) is 1. The molecule has 2 atom stereocenters. The molecule has 2 N–H and O–H groups in total. The van der Waals surface area contributed by atoms with E-state index in [4.69, 9.17) is 0 Å². The van der Waals surface area contributed by atoms with Crippen molar-refractivity contribution in [3.63, 3.8) is 0 Å². The van der Waals surface area contributed by atoms with E-state index in [0.717, 1.165) is 25.9 Å². The van der Waals surface area contributed by atoms with Crippen LogP contribution in [0.15, 0.2) is 0 Å². The number of hydrogen-bond acceptors (Lipinski definition) is 3. The van der Waals surface area contributed by atoms with Crippen LogP contribution in [0.1, 0.15) is 26.7 Å². The average molecular weight is 269 g/mol. The molecule has 2 aliphatic rings. The third-order valence-electron chi connectivity index (χ3n) is 4.30. The number of nitrogens with one attached hydrogen (secondary N) is 1. The number of carboxylic acids is 1. The molecule has 0 aromatic carbocycles. The topological polar surface area (TPSA) is 72.9 Å². The van der Waals surface area contributed by atoms with E-state index in [2.05, 4.69) is 10.2 Å². The first-order chi connectivity index (χ1) is 8.84. The molecule has 6 nitrogen and oxygen atoms in total. The first kappa shape index (κ1) is 14.1. The van der Waals surface area contributed by atoms with Gasteiger partial charge in [-0.15, -0.1) is 0 Å². The van der Waals surface area contributed by atoms with Crippen LogP contribution in [0.25, 0.3) is 0 Å². The summed E-state index contributed by atoms with van der Waals surface area (Å²) in [6.45, 7) is 5.89. The molecule has 0 spiro atoms. The SMILES string of the molecule is CC1CN(C)CCN1C(=O)NC(C)(C(=O)O)C1CC1. The van der Waals surface area contributed by atoms with Crippen molar-refractivity contribution in [1.29, 1.82) is 0 Å². The fourth-order valence-corrected chi connectivity index (χ4v) is 2.73. The maximum absolute atomic E-state index is 12.3. The molecular formula is C13H23N3O3. The maximum Gasteiger partial charge on any atom is 0.329 e. The summed E-state index contributed by atoms with van der Waals surface area (Å²) in [7, 11) is 2.03. The van der Waals surface area contributed by atoms with Gasteiger partial charge < -0.3 is 20.2 Å². The van der Waals surface area contributed by atoms with E-state index in [9.17, 15) is 14.7 Å². The minimum Gasteiger partial charge on any atom is -0.480 e. The molecule has 0 radical (unpaired) electrons. The van der Waals surface area contributed by atoms with Crippen LogP contribution in [0, 0.1) is 5.92 Å². The molecule has 0 aromatic heterocycles. The van der Waals surface area contributed by atoms with Crippen molar-refractivity contribution in [3.8, 4) is 0 Å². The first-order valence-corrected chi connectivity index (χ1v) is 6.85. The molecular weight excluding hydrogens is 246 g/mol. The Morgan fingerprint density at radius 2 is 1.95 bits per heavy atom. The van der Waals surface area contributed by atoms with Gasteiger partial charge in [-0.25, -0.2) is 9.59 Å². The highest BCUT2D eigenvalue weighted by Crippen LogP contribution is 2.39. The van der Waals surface area contributed by atoms with Crippen molar-refractivity contribution in [2.24, 2.45) is 5.92 Å².